The van der Waals surface area contributed by atoms with E-state index in [0.717, 1.165) is 0 Å². The van der Waals surface area contributed by atoms with Gasteiger partial charge < -0.3 is 0 Å². The van der Waals surface area contributed by atoms with E-state index in [1.165, 1.54) is 0 Å². The maximum Gasteiger partial charge on any atom is 0.395 e. The summed E-state index contributed by atoms with van der Waals surface area (Å²) in [5.41, 5.74) is 0. The molecule has 25 heavy (non-hydrogen) atoms. The number of hydrogen-bond donors (Lipinski definition) is 0. The van der Waals surface area contributed by atoms with Crippen LogP contribution < -0.4 is 0 Å². The molecule has 0 fully saturated rings. The average Bonchev–Trinajstić information content (AvgIpc) is 2.34. The van der Waals surface area contributed by atoms with Gasteiger partial charge in [-0.05, 0) is 0 Å². The van der Waals surface area contributed by atoms with Crippen molar-refractivity contribution < 1.29 is 65.9 Å². The lowest BCUT2D eigenvalue weighted by Gasteiger charge is -2.41. The molecular weight excluding hydrogens is 405 g/mol. The minimum atomic E-state index is -7.96. The van der Waals surface area contributed by atoms with Crippen molar-refractivity contribution in [2.75, 3.05) is 0 Å². The first kappa shape index (κ1) is 23.9. The van der Waals surface area contributed by atoms with Crippen molar-refractivity contribution in [2.45, 2.75) is 61.5 Å². The summed E-state index contributed by atoms with van der Waals surface area (Å²) in [5.74, 6) is -43.9. The van der Waals surface area contributed by atoms with E-state index in [4.69, 9.17) is 0 Å². The summed E-state index contributed by atoms with van der Waals surface area (Å²) in [6.07, 6.45) is -12.7. The van der Waals surface area contributed by atoms with Crippen LogP contribution >= 0.6 is 0 Å². The zero-order valence-electron chi connectivity index (χ0n) is 11.6. The largest absolute Gasteiger partial charge is 0.395 e. The van der Waals surface area contributed by atoms with E-state index >= 15 is 0 Å². The summed E-state index contributed by atoms with van der Waals surface area (Å²) in [5, 5.41) is 0. The second kappa shape index (κ2) is 5.99. The SMILES string of the molecule is CCC(F)(F)C(F)(F)C(F)(F)C(F)(F)C(F)(F)C(F)(F)CC(F)(F)F. The van der Waals surface area contributed by atoms with Crippen molar-refractivity contribution in [3.05, 3.63) is 0 Å². The van der Waals surface area contributed by atoms with Gasteiger partial charge in [0.1, 0.15) is 6.42 Å². The number of rotatable bonds is 7. The van der Waals surface area contributed by atoms with E-state index < -0.39 is 54.6 Å². The molecule has 0 aliphatic heterocycles. The topological polar surface area (TPSA) is 0 Å². The van der Waals surface area contributed by atoms with Crippen LogP contribution in [0.3, 0.4) is 0 Å². The highest BCUT2D eigenvalue weighted by molar-refractivity contribution is 5.11. The predicted octanol–water partition coefficient (Wildman–Crippen LogP) is 6.16. The zero-order chi connectivity index (χ0) is 20.9. The van der Waals surface area contributed by atoms with Crippen LogP contribution in [0.25, 0.3) is 0 Å². The molecule has 0 aromatic heterocycles. The summed E-state index contributed by atoms with van der Waals surface area (Å²) in [6.45, 7) is 0.0541. The van der Waals surface area contributed by atoms with Crippen LogP contribution in [0.5, 0.6) is 0 Å². The van der Waals surface area contributed by atoms with Crippen molar-refractivity contribution in [3.63, 3.8) is 0 Å². The molecule has 0 aliphatic carbocycles. The van der Waals surface area contributed by atoms with Crippen molar-refractivity contribution in [1.29, 1.82) is 0 Å². The van der Waals surface area contributed by atoms with E-state index in [1.54, 1.807) is 0 Å². The molecule has 0 unspecified atom stereocenters. The summed E-state index contributed by atoms with van der Waals surface area (Å²) < 4.78 is 190. The maximum atomic E-state index is 13.1. The highest BCUT2D eigenvalue weighted by atomic mass is 19.4. The third-order valence-corrected chi connectivity index (χ3v) is 2.97. The molecule has 0 rings (SSSR count). The number of halogens is 15. The lowest BCUT2D eigenvalue weighted by atomic mass is 9.89. The van der Waals surface area contributed by atoms with Crippen LogP contribution in [0, 0.1) is 0 Å². The molecule has 0 saturated heterocycles. The molecule has 0 radical (unpaired) electrons. The second-order valence-corrected chi connectivity index (χ2v) is 4.85. The Morgan fingerprint density at radius 2 is 0.720 bits per heavy atom. The van der Waals surface area contributed by atoms with Crippen LogP contribution in [-0.4, -0.2) is 41.7 Å². The van der Waals surface area contributed by atoms with Crippen molar-refractivity contribution in [1.82, 2.24) is 0 Å². The Hall–Kier alpha value is -1.05. The first-order valence-electron chi connectivity index (χ1n) is 5.85. The maximum absolute atomic E-state index is 13.1. The monoisotopic (exact) mass is 412 g/mol. The Morgan fingerprint density at radius 3 is 0.960 bits per heavy atom. The molecule has 0 nitrogen and oxygen atoms in total. The molecule has 15 heteroatoms. The fourth-order valence-corrected chi connectivity index (χ4v) is 1.44. The van der Waals surface area contributed by atoms with Gasteiger partial charge >= 0.3 is 41.7 Å². The van der Waals surface area contributed by atoms with Gasteiger partial charge in [0.05, 0.1) is 0 Å². The van der Waals surface area contributed by atoms with Gasteiger partial charge in [0.25, 0.3) is 0 Å². The molecule has 0 bridgehead atoms. The van der Waals surface area contributed by atoms with Gasteiger partial charge in [0.15, 0.2) is 0 Å². The Morgan fingerprint density at radius 1 is 0.440 bits per heavy atom. The molecule has 0 aromatic rings. The Kier molecular flexibility index (Phi) is 5.74. The quantitative estimate of drug-likeness (QED) is 0.440. The fourth-order valence-electron chi connectivity index (χ4n) is 1.44. The molecule has 0 atom stereocenters. The van der Waals surface area contributed by atoms with Crippen LogP contribution in [0.4, 0.5) is 65.9 Å². The Balaban J connectivity index is 6.27. The van der Waals surface area contributed by atoms with Crippen LogP contribution in [-0.2, 0) is 0 Å². The van der Waals surface area contributed by atoms with Crippen molar-refractivity contribution in [2.24, 2.45) is 0 Å². The molecule has 152 valence electrons. The lowest BCUT2D eigenvalue weighted by Crippen LogP contribution is -2.70. The minimum absolute atomic E-state index is 0.0541. The van der Waals surface area contributed by atoms with Gasteiger partial charge in [-0.1, -0.05) is 6.92 Å². The van der Waals surface area contributed by atoms with Crippen molar-refractivity contribution >= 4 is 0 Å². The fraction of sp³-hybridized carbons (Fsp3) is 1.00. The highest BCUT2D eigenvalue weighted by Crippen LogP contribution is 2.61. The van der Waals surface area contributed by atoms with Gasteiger partial charge in [-0.25, -0.2) is 0 Å². The summed E-state index contributed by atoms with van der Waals surface area (Å²) in [7, 11) is 0. The first-order valence-corrected chi connectivity index (χ1v) is 5.85. The van der Waals surface area contributed by atoms with E-state index in [9.17, 15) is 65.9 Å². The number of hydrogen-bond acceptors (Lipinski definition) is 0. The van der Waals surface area contributed by atoms with Crippen molar-refractivity contribution in [3.8, 4) is 0 Å². The third-order valence-electron chi connectivity index (χ3n) is 2.97. The smallest absolute Gasteiger partial charge is 0.200 e. The molecule has 0 saturated carbocycles. The standard InChI is InChI=1S/C10H7F15/c1-2-4(11,12)7(18,19)9(22,23)10(24,25)8(20,21)5(13,14)3-6(15,16)17/h2-3H2,1H3. The molecule has 0 aromatic carbocycles. The second-order valence-electron chi connectivity index (χ2n) is 4.85. The van der Waals surface area contributed by atoms with Crippen LogP contribution in [0.1, 0.15) is 19.8 Å². The number of alkyl halides is 15. The predicted molar refractivity (Wildman–Crippen MR) is 50.6 cm³/mol. The van der Waals surface area contributed by atoms with E-state index in [2.05, 4.69) is 0 Å². The molecule has 0 aliphatic rings. The van der Waals surface area contributed by atoms with Crippen LogP contribution in [0.15, 0.2) is 0 Å². The van der Waals surface area contributed by atoms with Crippen LogP contribution in [0.2, 0.25) is 0 Å². The highest BCUT2D eigenvalue weighted by Gasteiger charge is 2.90. The summed E-state index contributed by atoms with van der Waals surface area (Å²) in [4.78, 5) is 0. The van der Waals surface area contributed by atoms with Gasteiger partial charge in [-0.3, -0.25) is 0 Å². The summed E-state index contributed by atoms with van der Waals surface area (Å²) >= 11 is 0. The molecular formula is C10H7F15. The molecule has 0 N–H and O–H groups in total. The van der Waals surface area contributed by atoms with E-state index in [0.29, 0.717) is 0 Å². The van der Waals surface area contributed by atoms with E-state index in [1.807, 2.05) is 0 Å². The molecule has 0 spiro atoms. The minimum Gasteiger partial charge on any atom is -0.200 e. The van der Waals surface area contributed by atoms with Gasteiger partial charge in [0, 0.05) is 6.42 Å². The van der Waals surface area contributed by atoms with Gasteiger partial charge in [0.2, 0.25) is 0 Å². The first-order chi connectivity index (χ1) is 10.5. The third kappa shape index (κ3) is 3.59. The lowest BCUT2D eigenvalue weighted by molar-refractivity contribution is -0.429. The average molecular weight is 412 g/mol. The zero-order valence-corrected chi connectivity index (χ0v) is 11.6. The summed E-state index contributed by atoms with van der Waals surface area (Å²) in [6, 6.07) is 0. The van der Waals surface area contributed by atoms with Gasteiger partial charge in [-0.2, -0.15) is 65.9 Å². The van der Waals surface area contributed by atoms with E-state index in [-0.39, 0.29) is 6.92 Å². The van der Waals surface area contributed by atoms with Gasteiger partial charge in [-0.15, -0.1) is 0 Å². The molecule has 0 heterocycles. The Bertz CT molecular complexity index is 471. The Labute approximate surface area is 129 Å². The molecule has 0 amide bonds. The normalized spacial score (nSPS) is 16.3.